The summed E-state index contributed by atoms with van der Waals surface area (Å²) in [6, 6.07) is 1.74. The molecule has 0 unspecified atom stereocenters. The molecule has 3 nitrogen and oxygen atoms in total. The Morgan fingerprint density at radius 3 is 2.53 bits per heavy atom. The van der Waals surface area contributed by atoms with E-state index in [4.69, 9.17) is 0 Å². The lowest BCUT2D eigenvalue weighted by molar-refractivity contribution is 0.111. The molecule has 0 aromatic carbocycles. The van der Waals surface area contributed by atoms with E-state index in [1.54, 1.807) is 6.07 Å². The number of nitrogens with zero attached hydrogens (tertiary/aromatic N) is 2. The Morgan fingerprint density at radius 2 is 1.94 bits per heavy atom. The van der Waals surface area contributed by atoms with Crippen LogP contribution in [0.5, 0.6) is 0 Å². The zero-order valence-electron chi connectivity index (χ0n) is 10.9. The molecule has 0 N–H and O–H groups in total. The van der Waals surface area contributed by atoms with Gasteiger partial charge in [-0.05, 0) is 44.1 Å². The number of aldehydes is 1. The number of aryl methyl sites for hydroxylation is 1. The van der Waals surface area contributed by atoms with Gasteiger partial charge in [-0.3, -0.25) is 4.79 Å². The maximum atomic E-state index is 10.8. The van der Waals surface area contributed by atoms with Crippen LogP contribution >= 0.6 is 0 Å². The molecule has 0 spiro atoms. The molecule has 1 saturated carbocycles. The Morgan fingerprint density at radius 1 is 1.29 bits per heavy atom. The summed E-state index contributed by atoms with van der Waals surface area (Å²) in [4.78, 5) is 19.6. The zero-order valence-corrected chi connectivity index (χ0v) is 10.9. The number of rotatable bonds is 2. The molecule has 0 radical (unpaired) electrons. The summed E-state index contributed by atoms with van der Waals surface area (Å²) in [5, 5.41) is 0. The van der Waals surface area contributed by atoms with Crippen LogP contribution in [-0.2, 0) is 0 Å². The van der Waals surface area contributed by atoms with Crippen molar-refractivity contribution in [2.75, 3.05) is 0 Å². The van der Waals surface area contributed by atoms with Crippen molar-refractivity contribution in [1.82, 2.24) is 9.97 Å². The fourth-order valence-electron chi connectivity index (χ4n) is 2.52. The molecule has 0 atom stereocenters. The van der Waals surface area contributed by atoms with Gasteiger partial charge in [0.15, 0.2) is 6.29 Å². The minimum absolute atomic E-state index is 0.432. The van der Waals surface area contributed by atoms with E-state index in [1.807, 2.05) is 6.92 Å². The summed E-state index contributed by atoms with van der Waals surface area (Å²) >= 11 is 0. The van der Waals surface area contributed by atoms with Gasteiger partial charge in [0.05, 0.1) is 0 Å². The highest BCUT2D eigenvalue weighted by molar-refractivity contribution is 5.71. The number of hydrogen-bond acceptors (Lipinski definition) is 3. The Labute approximate surface area is 103 Å². The number of carbonyl (C=O) groups excluding carboxylic acids is 1. The second-order valence-electron chi connectivity index (χ2n) is 5.85. The molecule has 0 aliphatic heterocycles. The predicted octanol–water partition coefficient (Wildman–Crippen LogP) is 3.28. The van der Waals surface area contributed by atoms with Crippen molar-refractivity contribution in [2.45, 2.75) is 52.4 Å². The van der Waals surface area contributed by atoms with E-state index in [0.29, 0.717) is 17.0 Å². The Bertz CT molecular complexity index is 416. The lowest BCUT2D eigenvalue weighted by Gasteiger charge is -2.33. The third-order valence-electron chi connectivity index (χ3n) is 3.72. The van der Waals surface area contributed by atoms with Gasteiger partial charge in [-0.15, -0.1) is 0 Å². The Balaban J connectivity index is 2.18. The second kappa shape index (κ2) is 4.55. The molecular formula is C14H20N2O. The van der Waals surface area contributed by atoms with Gasteiger partial charge in [0.25, 0.3) is 0 Å². The minimum atomic E-state index is 0.432. The summed E-state index contributed by atoms with van der Waals surface area (Å²) < 4.78 is 0. The highest BCUT2D eigenvalue weighted by Gasteiger charge is 2.29. The molecule has 1 aliphatic carbocycles. The van der Waals surface area contributed by atoms with E-state index in [1.165, 1.54) is 12.8 Å². The van der Waals surface area contributed by atoms with Crippen molar-refractivity contribution in [3.8, 4) is 0 Å². The summed E-state index contributed by atoms with van der Waals surface area (Å²) in [6.07, 6.45) is 5.51. The van der Waals surface area contributed by atoms with Gasteiger partial charge >= 0.3 is 0 Å². The van der Waals surface area contributed by atoms with Crippen LogP contribution in [0.25, 0.3) is 0 Å². The summed E-state index contributed by atoms with van der Waals surface area (Å²) in [6.45, 7) is 6.55. The average Bonchev–Trinajstić information content (AvgIpc) is 2.28. The first-order chi connectivity index (χ1) is 8.00. The predicted molar refractivity (Wildman–Crippen MR) is 67.1 cm³/mol. The molecule has 1 aromatic rings. The van der Waals surface area contributed by atoms with E-state index < -0.39 is 0 Å². The second-order valence-corrected chi connectivity index (χ2v) is 5.85. The molecule has 1 fully saturated rings. The van der Waals surface area contributed by atoms with E-state index in [0.717, 1.165) is 30.6 Å². The summed E-state index contributed by atoms with van der Waals surface area (Å²) in [5.41, 5.74) is 1.85. The monoisotopic (exact) mass is 232 g/mol. The minimum Gasteiger partial charge on any atom is -0.296 e. The van der Waals surface area contributed by atoms with Gasteiger partial charge in [-0.1, -0.05) is 13.8 Å². The molecule has 1 heterocycles. The zero-order chi connectivity index (χ0) is 12.5. The lowest BCUT2D eigenvalue weighted by atomic mass is 9.73. The molecule has 1 aromatic heterocycles. The van der Waals surface area contributed by atoms with Crippen LogP contribution in [0.4, 0.5) is 0 Å². The smallest absolute Gasteiger partial charge is 0.168 e. The fourth-order valence-corrected chi connectivity index (χ4v) is 2.52. The maximum Gasteiger partial charge on any atom is 0.168 e. The van der Waals surface area contributed by atoms with Crippen LogP contribution in [0.15, 0.2) is 6.07 Å². The normalized spacial score (nSPS) is 20.2. The molecule has 17 heavy (non-hydrogen) atoms. The van der Waals surface area contributed by atoms with Gasteiger partial charge in [0, 0.05) is 11.6 Å². The van der Waals surface area contributed by atoms with Crippen molar-refractivity contribution in [3.05, 3.63) is 23.3 Å². The van der Waals surface area contributed by atoms with Crippen LogP contribution in [-0.4, -0.2) is 16.3 Å². The third kappa shape index (κ3) is 2.90. The topological polar surface area (TPSA) is 42.9 Å². The molecule has 0 bridgehead atoms. The first-order valence-corrected chi connectivity index (χ1v) is 6.31. The van der Waals surface area contributed by atoms with Crippen molar-refractivity contribution in [1.29, 1.82) is 0 Å². The van der Waals surface area contributed by atoms with Gasteiger partial charge in [0.2, 0.25) is 0 Å². The van der Waals surface area contributed by atoms with Crippen molar-refractivity contribution in [3.63, 3.8) is 0 Å². The standard InChI is InChI=1S/C14H20N2O/c1-10-8-12(9-17)16-13(15-10)11-4-6-14(2,3)7-5-11/h8-9,11H,4-7H2,1-3H3. The SMILES string of the molecule is Cc1cc(C=O)nc(C2CCC(C)(C)CC2)n1. The fraction of sp³-hybridized carbons (Fsp3) is 0.643. The number of carbonyl (C=O) groups is 1. The van der Waals surface area contributed by atoms with Gasteiger partial charge in [-0.2, -0.15) is 0 Å². The van der Waals surface area contributed by atoms with E-state index >= 15 is 0 Å². The van der Waals surface area contributed by atoms with Crippen LogP contribution in [0.1, 0.15) is 67.5 Å². The maximum absolute atomic E-state index is 10.8. The molecular weight excluding hydrogens is 212 g/mol. The molecule has 92 valence electrons. The molecule has 0 amide bonds. The largest absolute Gasteiger partial charge is 0.296 e. The third-order valence-corrected chi connectivity index (χ3v) is 3.72. The first kappa shape index (κ1) is 12.2. The number of hydrogen-bond donors (Lipinski definition) is 0. The molecule has 1 aliphatic rings. The van der Waals surface area contributed by atoms with Crippen molar-refractivity contribution in [2.24, 2.45) is 5.41 Å². The van der Waals surface area contributed by atoms with Crippen LogP contribution in [0.2, 0.25) is 0 Å². The number of aromatic nitrogens is 2. The first-order valence-electron chi connectivity index (χ1n) is 6.31. The average molecular weight is 232 g/mol. The lowest BCUT2D eigenvalue weighted by Crippen LogP contribution is -2.21. The van der Waals surface area contributed by atoms with Gasteiger partial charge in [0.1, 0.15) is 11.5 Å². The molecule has 2 rings (SSSR count). The van der Waals surface area contributed by atoms with Gasteiger partial charge < -0.3 is 0 Å². The summed E-state index contributed by atoms with van der Waals surface area (Å²) in [7, 11) is 0. The van der Waals surface area contributed by atoms with E-state index in [2.05, 4.69) is 23.8 Å². The highest BCUT2D eigenvalue weighted by Crippen LogP contribution is 2.41. The Hall–Kier alpha value is -1.25. The van der Waals surface area contributed by atoms with Crippen molar-refractivity contribution >= 4 is 6.29 Å². The van der Waals surface area contributed by atoms with E-state index in [9.17, 15) is 4.79 Å². The molecule has 0 saturated heterocycles. The van der Waals surface area contributed by atoms with Crippen LogP contribution < -0.4 is 0 Å². The summed E-state index contributed by atoms with van der Waals surface area (Å²) in [5.74, 6) is 1.30. The quantitative estimate of drug-likeness (QED) is 0.735. The van der Waals surface area contributed by atoms with Crippen LogP contribution in [0.3, 0.4) is 0 Å². The molecule has 3 heteroatoms. The van der Waals surface area contributed by atoms with Gasteiger partial charge in [-0.25, -0.2) is 9.97 Å². The Kier molecular flexibility index (Phi) is 3.27. The van der Waals surface area contributed by atoms with Crippen LogP contribution in [0, 0.1) is 12.3 Å². The van der Waals surface area contributed by atoms with E-state index in [-0.39, 0.29) is 0 Å². The van der Waals surface area contributed by atoms with Crippen molar-refractivity contribution < 1.29 is 4.79 Å². The highest BCUT2D eigenvalue weighted by atomic mass is 16.1.